The third kappa shape index (κ3) is 1.50. The second kappa shape index (κ2) is 4.50. The van der Waals surface area contributed by atoms with Crippen molar-refractivity contribution in [1.29, 1.82) is 0 Å². The average molecular weight is 466 g/mol. The Balaban J connectivity index is 1.91. The Kier molecular flexibility index (Phi) is 2.73. The van der Waals surface area contributed by atoms with Crippen molar-refractivity contribution in [3.63, 3.8) is 0 Å². The van der Waals surface area contributed by atoms with Gasteiger partial charge in [-0.15, -0.1) is 0 Å². The van der Waals surface area contributed by atoms with Gasteiger partial charge < -0.3 is 0 Å². The molecule has 2 radical (unpaired) electrons. The first-order valence-corrected chi connectivity index (χ1v) is 21.1. The Labute approximate surface area is 134 Å². The molecule has 2 heteroatoms. The van der Waals surface area contributed by atoms with Crippen LogP contribution in [0.2, 0.25) is 0 Å². The van der Waals surface area contributed by atoms with Crippen LogP contribution >= 0.6 is 0 Å². The summed E-state index contributed by atoms with van der Waals surface area (Å²) >= 11 is -0.346. The third-order valence-electron chi connectivity index (χ3n) is 4.70. The van der Waals surface area contributed by atoms with Crippen molar-refractivity contribution in [1.82, 2.24) is 0 Å². The molecule has 1 heterocycles. The van der Waals surface area contributed by atoms with Gasteiger partial charge in [-0.25, -0.2) is 0 Å². The molecule has 92 valence electrons. The van der Waals surface area contributed by atoms with Gasteiger partial charge in [-0.2, -0.15) is 0 Å². The van der Waals surface area contributed by atoms with E-state index in [9.17, 15) is 0 Å². The Morgan fingerprint density at radius 3 is 1.85 bits per heavy atom. The van der Waals surface area contributed by atoms with Crippen LogP contribution in [0, 0.1) is 0 Å². The van der Waals surface area contributed by atoms with Crippen LogP contribution in [0.3, 0.4) is 0 Å². The van der Waals surface area contributed by atoms with Crippen molar-refractivity contribution < 1.29 is 0 Å². The molecule has 1 aliphatic heterocycles. The maximum atomic E-state index is 2.60. The number of rotatable bonds is 0. The molecule has 0 spiro atoms. The molecule has 0 aromatic heterocycles. The van der Waals surface area contributed by atoms with Gasteiger partial charge in [0.2, 0.25) is 0 Å². The van der Waals surface area contributed by atoms with Crippen molar-refractivity contribution in [3.8, 4) is 0 Å². The van der Waals surface area contributed by atoms with Gasteiger partial charge in [0, 0.05) is 0 Å². The molecule has 0 unspecified atom stereocenters. The summed E-state index contributed by atoms with van der Waals surface area (Å²) in [6.45, 7) is 0. The SMILES string of the molecule is [CH]1=CC2=[C]([Sn]=[Sn]1)C1c3ccccc3C2c2ccccc21. The van der Waals surface area contributed by atoms with E-state index < -0.39 is 0 Å². The first-order chi connectivity index (χ1) is 9.95. The van der Waals surface area contributed by atoms with Crippen LogP contribution in [0.5, 0.6) is 0 Å². The number of hydrogen-bond acceptors (Lipinski definition) is 0. The van der Waals surface area contributed by atoms with Crippen LogP contribution in [0.1, 0.15) is 34.1 Å². The van der Waals surface area contributed by atoms with Crippen molar-refractivity contribution >= 4 is 33.1 Å². The molecule has 0 atom stereocenters. The normalized spacial score (nSPS) is 24.4. The fourth-order valence-electron chi connectivity index (χ4n) is 3.96. The second-order valence-electron chi connectivity index (χ2n) is 5.60. The molecule has 6 rings (SSSR count). The van der Waals surface area contributed by atoms with Crippen molar-refractivity contribution in [3.05, 3.63) is 90.1 Å². The topological polar surface area (TPSA) is 0 Å². The fourth-order valence-corrected chi connectivity index (χ4v) is 19.4. The summed E-state index contributed by atoms with van der Waals surface area (Å²) in [5.41, 5.74) is 8.08. The zero-order valence-corrected chi connectivity index (χ0v) is 16.6. The van der Waals surface area contributed by atoms with Crippen LogP contribution in [0.25, 0.3) is 0 Å². The zero-order valence-electron chi connectivity index (χ0n) is 10.9. The van der Waals surface area contributed by atoms with Crippen LogP contribution in [0.15, 0.2) is 67.9 Å². The van der Waals surface area contributed by atoms with E-state index in [1.165, 1.54) is 0 Å². The van der Waals surface area contributed by atoms with Crippen molar-refractivity contribution in [2.24, 2.45) is 0 Å². The molecular weight excluding hydrogens is 454 g/mol. The Hall–Kier alpha value is -0.483. The van der Waals surface area contributed by atoms with E-state index in [2.05, 4.69) is 58.7 Å². The monoisotopic (exact) mass is 468 g/mol. The molecule has 0 nitrogen and oxygen atoms in total. The van der Waals surface area contributed by atoms with Gasteiger partial charge in [-0.3, -0.25) is 0 Å². The summed E-state index contributed by atoms with van der Waals surface area (Å²) in [6.07, 6.45) is 2.51. The van der Waals surface area contributed by atoms with Gasteiger partial charge in [-0.05, 0) is 0 Å². The summed E-state index contributed by atoms with van der Waals surface area (Å²) in [6, 6.07) is 18.4. The predicted molar refractivity (Wildman–Crippen MR) is 84.2 cm³/mol. The van der Waals surface area contributed by atoms with E-state index >= 15 is 0 Å². The number of benzene rings is 2. The molecule has 4 aliphatic rings. The second-order valence-corrected chi connectivity index (χ2v) is 19.9. The van der Waals surface area contributed by atoms with E-state index in [1.54, 1.807) is 27.8 Å². The molecule has 3 aliphatic carbocycles. The molecule has 0 N–H and O–H groups in total. The maximum absolute atomic E-state index is 2.60. The zero-order chi connectivity index (χ0) is 13.1. The van der Waals surface area contributed by atoms with Crippen LogP contribution < -0.4 is 0 Å². The average Bonchev–Trinajstić information content (AvgIpc) is 2.54. The summed E-state index contributed by atoms with van der Waals surface area (Å²) in [5.74, 6) is 1.17. The first-order valence-electron chi connectivity index (χ1n) is 7.05. The molecule has 0 fully saturated rings. The van der Waals surface area contributed by atoms with Crippen LogP contribution in [-0.4, -0.2) is 33.1 Å². The number of allylic oxidation sites excluding steroid dienone is 3. The molecule has 0 saturated carbocycles. The van der Waals surface area contributed by atoms with E-state index in [4.69, 9.17) is 0 Å². The summed E-state index contributed by atoms with van der Waals surface area (Å²) in [5, 5.41) is 0. The quantitative estimate of drug-likeness (QED) is 0.524. The number of hydrogen-bond donors (Lipinski definition) is 0. The molecule has 0 saturated heterocycles. The molecule has 2 bridgehead atoms. The first kappa shape index (κ1) is 12.1. The van der Waals surface area contributed by atoms with E-state index in [0.717, 1.165) is 0 Å². The standard InChI is InChI=1S/C18H12.2Sn/c1-2-12-11-17-13-7-3-5-9-15(13)18(12)16-10-6-4-8-14(16)17;;/h1-10,17-18H;;. The van der Waals surface area contributed by atoms with Gasteiger partial charge in [0.25, 0.3) is 0 Å². The molecule has 20 heavy (non-hydrogen) atoms. The minimum atomic E-state index is -0.227. The minimum absolute atomic E-state index is 0.119. The fraction of sp³-hybridized carbons (Fsp3) is 0.111. The van der Waals surface area contributed by atoms with Gasteiger partial charge in [0.05, 0.1) is 0 Å². The van der Waals surface area contributed by atoms with Crippen LogP contribution in [0.4, 0.5) is 0 Å². The summed E-state index contributed by atoms with van der Waals surface area (Å²) < 4.78 is 4.52. The van der Waals surface area contributed by atoms with E-state index in [0.29, 0.717) is 11.8 Å². The van der Waals surface area contributed by atoms with Crippen LogP contribution in [-0.2, 0) is 0 Å². The van der Waals surface area contributed by atoms with Crippen molar-refractivity contribution in [2.45, 2.75) is 11.8 Å². The van der Waals surface area contributed by atoms with Gasteiger partial charge >= 0.3 is 135 Å². The summed E-state index contributed by atoms with van der Waals surface area (Å²) in [4.78, 5) is 0. The van der Waals surface area contributed by atoms with Gasteiger partial charge in [0.1, 0.15) is 0 Å². The molecule has 2 aromatic rings. The third-order valence-corrected chi connectivity index (χ3v) is 19.6. The van der Waals surface area contributed by atoms with Crippen molar-refractivity contribution in [2.75, 3.05) is 0 Å². The molecule has 2 aromatic carbocycles. The molecule has 0 amide bonds. The Morgan fingerprint density at radius 2 is 1.25 bits per heavy atom. The van der Waals surface area contributed by atoms with Gasteiger partial charge in [0.15, 0.2) is 0 Å². The summed E-state index contributed by atoms with van der Waals surface area (Å²) in [7, 11) is 0. The van der Waals surface area contributed by atoms with E-state index in [-0.39, 0.29) is 33.1 Å². The molecular formula is C18H12Sn2. The Bertz CT molecular complexity index is 711. The van der Waals surface area contributed by atoms with Gasteiger partial charge in [-0.1, -0.05) is 0 Å². The predicted octanol–water partition coefficient (Wildman–Crippen LogP) is 3.38. The van der Waals surface area contributed by atoms with E-state index in [1.807, 2.05) is 3.59 Å². The Morgan fingerprint density at radius 1 is 0.700 bits per heavy atom.